The summed E-state index contributed by atoms with van der Waals surface area (Å²) in [6.45, 7) is 1.68. The SMILES string of the molecule is CN(CCCC(=O)O)Cc1cc[nH]c1. The quantitative estimate of drug-likeness (QED) is 0.721. The Balaban J connectivity index is 2.16. The van der Waals surface area contributed by atoms with E-state index in [4.69, 9.17) is 5.11 Å². The zero-order valence-electron chi connectivity index (χ0n) is 8.36. The zero-order valence-corrected chi connectivity index (χ0v) is 8.36. The second-order valence-corrected chi connectivity index (χ2v) is 3.45. The van der Waals surface area contributed by atoms with E-state index in [1.54, 1.807) is 0 Å². The normalized spacial score (nSPS) is 10.7. The smallest absolute Gasteiger partial charge is 0.303 e. The van der Waals surface area contributed by atoms with Gasteiger partial charge in [-0.2, -0.15) is 0 Å². The molecule has 0 fully saturated rings. The molecule has 78 valence electrons. The van der Waals surface area contributed by atoms with E-state index >= 15 is 0 Å². The predicted octanol–water partition coefficient (Wildman–Crippen LogP) is 1.31. The lowest BCUT2D eigenvalue weighted by Crippen LogP contribution is -2.19. The molecule has 2 N–H and O–H groups in total. The number of aromatic nitrogens is 1. The van der Waals surface area contributed by atoms with Crippen LogP contribution in [-0.2, 0) is 11.3 Å². The van der Waals surface area contributed by atoms with E-state index in [9.17, 15) is 4.79 Å². The van der Waals surface area contributed by atoms with Gasteiger partial charge in [-0.3, -0.25) is 4.79 Å². The largest absolute Gasteiger partial charge is 0.481 e. The highest BCUT2D eigenvalue weighted by Crippen LogP contribution is 2.02. The molecular weight excluding hydrogens is 180 g/mol. The number of hydrogen-bond donors (Lipinski definition) is 2. The number of H-pyrrole nitrogens is 1. The minimum Gasteiger partial charge on any atom is -0.481 e. The molecule has 0 aliphatic heterocycles. The Kier molecular flexibility index (Phi) is 4.19. The van der Waals surface area contributed by atoms with Gasteiger partial charge in [0.25, 0.3) is 0 Å². The van der Waals surface area contributed by atoms with Crippen LogP contribution in [-0.4, -0.2) is 34.6 Å². The first kappa shape index (κ1) is 10.8. The summed E-state index contributed by atoms with van der Waals surface area (Å²) in [5.41, 5.74) is 1.22. The number of carbonyl (C=O) groups is 1. The highest BCUT2D eigenvalue weighted by atomic mass is 16.4. The molecule has 0 spiro atoms. The number of hydrogen-bond acceptors (Lipinski definition) is 2. The lowest BCUT2D eigenvalue weighted by atomic mass is 10.2. The van der Waals surface area contributed by atoms with Crippen molar-refractivity contribution in [2.75, 3.05) is 13.6 Å². The third kappa shape index (κ3) is 4.09. The van der Waals surface area contributed by atoms with E-state index in [2.05, 4.69) is 9.88 Å². The molecule has 0 atom stereocenters. The van der Waals surface area contributed by atoms with Gasteiger partial charge in [-0.1, -0.05) is 0 Å². The summed E-state index contributed by atoms with van der Waals surface area (Å²) in [5.74, 6) is -0.722. The zero-order chi connectivity index (χ0) is 10.4. The van der Waals surface area contributed by atoms with E-state index in [1.165, 1.54) is 5.56 Å². The molecule has 0 amide bonds. The summed E-state index contributed by atoms with van der Waals surface area (Å²) < 4.78 is 0. The number of nitrogens with one attached hydrogen (secondary N) is 1. The van der Waals surface area contributed by atoms with Crippen LogP contribution in [0.2, 0.25) is 0 Å². The van der Waals surface area contributed by atoms with E-state index in [1.807, 2.05) is 25.5 Å². The minimum atomic E-state index is -0.722. The fraction of sp³-hybridized carbons (Fsp3) is 0.500. The lowest BCUT2D eigenvalue weighted by molar-refractivity contribution is -0.137. The van der Waals surface area contributed by atoms with E-state index < -0.39 is 5.97 Å². The Morgan fingerprint density at radius 1 is 1.64 bits per heavy atom. The molecule has 0 radical (unpaired) electrons. The van der Waals surface area contributed by atoms with Crippen molar-refractivity contribution in [1.29, 1.82) is 0 Å². The van der Waals surface area contributed by atoms with Crippen molar-refractivity contribution in [3.05, 3.63) is 24.0 Å². The van der Waals surface area contributed by atoms with Crippen LogP contribution in [0.1, 0.15) is 18.4 Å². The maximum Gasteiger partial charge on any atom is 0.303 e. The highest BCUT2D eigenvalue weighted by molar-refractivity contribution is 5.66. The molecular formula is C10H16N2O2. The van der Waals surface area contributed by atoms with Crippen LogP contribution in [0.15, 0.2) is 18.5 Å². The van der Waals surface area contributed by atoms with Crippen LogP contribution in [0.4, 0.5) is 0 Å². The van der Waals surface area contributed by atoms with Crippen molar-refractivity contribution in [2.24, 2.45) is 0 Å². The molecule has 1 aromatic heterocycles. The average molecular weight is 196 g/mol. The Bertz CT molecular complexity index is 270. The predicted molar refractivity (Wildman–Crippen MR) is 54.0 cm³/mol. The number of rotatable bonds is 6. The maximum atomic E-state index is 10.3. The maximum absolute atomic E-state index is 10.3. The molecule has 0 bridgehead atoms. The van der Waals surface area contributed by atoms with Crippen LogP contribution >= 0.6 is 0 Å². The van der Waals surface area contributed by atoms with Gasteiger partial charge < -0.3 is 15.0 Å². The number of aromatic amines is 1. The van der Waals surface area contributed by atoms with Crippen molar-refractivity contribution < 1.29 is 9.90 Å². The van der Waals surface area contributed by atoms with Gasteiger partial charge in [0, 0.05) is 25.4 Å². The first-order chi connectivity index (χ1) is 6.68. The van der Waals surface area contributed by atoms with E-state index in [0.717, 1.165) is 13.1 Å². The third-order valence-electron chi connectivity index (χ3n) is 2.05. The van der Waals surface area contributed by atoms with Crippen molar-refractivity contribution >= 4 is 5.97 Å². The highest BCUT2D eigenvalue weighted by Gasteiger charge is 2.02. The van der Waals surface area contributed by atoms with Gasteiger partial charge in [-0.15, -0.1) is 0 Å². The second-order valence-electron chi connectivity index (χ2n) is 3.45. The van der Waals surface area contributed by atoms with Gasteiger partial charge in [0.2, 0.25) is 0 Å². The summed E-state index contributed by atoms with van der Waals surface area (Å²) in [4.78, 5) is 15.4. The fourth-order valence-electron chi connectivity index (χ4n) is 1.35. The Morgan fingerprint density at radius 3 is 3.00 bits per heavy atom. The van der Waals surface area contributed by atoms with E-state index in [0.29, 0.717) is 6.42 Å². The molecule has 0 aromatic carbocycles. The van der Waals surface area contributed by atoms with Gasteiger partial charge in [0.15, 0.2) is 0 Å². The van der Waals surface area contributed by atoms with E-state index in [-0.39, 0.29) is 6.42 Å². The summed E-state index contributed by atoms with van der Waals surface area (Å²) in [6, 6.07) is 2.02. The van der Waals surface area contributed by atoms with Gasteiger partial charge in [0.1, 0.15) is 0 Å². The molecule has 0 aliphatic rings. The topological polar surface area (TPSA) is 56.3 Å². The van der Waals surface area contributed by atoms with Crippen LogP contribution < -0.4 is 0 Å². The summed E-state index contributed by atoms with van der Waals surface area (Å²) >= 11 is 0. The van der Waals surface area contributed by atoms with Crippen LogP contribution in [0.25, 0.3) is 0 Å². The molecule has 14 heavy (non-hydrogen) atoms. The van der Waals surface area contributed by atoms with Gasteiger partial charge in [-0.05, 0) is 31.6 Å². The molecule has 4 heteroatoms. The molecule has 1 aromatic rings. The number of carboxylic acid groups (broad SMARTS) is 1. The number of carboxylic acids is 1. The average Bonchev–Trinajstić information content (AvgIpc) is 2.56. The first-order valence-electron chi connectivity index (χ1n) is 4.70. The van der Waals surface area contributed by atoms with Crippen molar-refractivity contribution in [1.82, 2.24) is 9.88 Å². The lowest BCUT2D eigenvalue weighted by Gasteiger charge is -2.14. The Hall–Kier alpha value is -1.29. The third-order valence-corrected chi connectivity index (χ3v) is 2.05. The van der Waals surface area contributed by atoms with Crippen LogP contribution in [0.5, 0.6) is 0 Å². The number of aliphatic carboxylic acids is 1. The summed E-state index contributed by atoms with van der Waals surface area (Å²) in [5, 5.41) is 8.46. The molecule has 1 rings (SSSR count). The molecule has 0 saturated carbocycles. The van der Waals surface area contributed by atoms with Crippen molar-refractivity contribution in [3.8, 4) is 0 Å². The summed E-state index contributed by atoms with van der Waals surface area (Å²) in [7, 11) is 1.99. The van der Waals surface area contributed by atoms with Crippen LogP contribution in [0.3, 0.4) is 0 Å². The van der Waals surface area contributed by atoms with Crippen molar-refractivity contribution in [2.45, 2.75) is 19.4 Å². The van der Waals surface area contributed by atoms with Crippen molar-refractivity contribution in [3.63, 3.8) is 0 Å². The molecule has 4 nitrogen and oxygen atoms in total. The van der Waals surface area contributed by atoms with Gasteiger partial charge >= 0.3 is 5.97 Å². The minimum absolute atomic E-state index is 0.247. The summed E-state index contributed by atoms with van der Waals surface area (Å²) in [6.07, 6.45) is 4.79. The number of nitrogens with zero attached hydrogens (tertiary/aromatic N) is 1. The van der Waals surface area contributed by atoms with Gasteiger partial charge in [0.05, 0.1) is 0 Å². The molecule has 0 unspecified atom stereocenters. The standard InChI is InChI=1S/C10H16N2O2/c1-12(6-2-3-10(13)14)8-9-4-5-11-7-9/h4-5,7,11H,2-3,6,8H2,1H3,(H,13,14). The monoisotopic (exact) mass is 196 g/mol. The molecule has 0 aliphatic carbocycles. The Morgan fingerprint density at radius 2 is 2.43 bits per heavy atom. The molecule has 1 heterocycles. The van der Waals surface area contributed by atoms with Gasteiger partial charge in [-0.25, -0.2) is 0 Å². The second kappa shape index (κ2) is 5.44. The fourth-order valence-corrected chi connectivity index (χ4v) is 1.35. The Labute approximate surface area is 83.5 Å². The van der Waals surface area contributed by atoms with Crippen LogP contribution in [0, 0.1) is 0 Å². The first-order valence-corrected chi connectivity index (χ1v) is 4.70. The molecule has 0 saturated heterocycles.